The van der Waals surface area contributed by atoms with Crippen molar-refractivity contribution in [1.29, 1.82) is 0 Å². The molecule has 0 saturated heterocycles. The molecule has 114 valence electrons. The number of methoxy groups -OCH3 is 1. The van der Waals surface area contributed by atoms with E-state index in [1.54, 1.807) is 6.33 Å². The van der Waals surface area contributed by atoms with Gasteiger partial charge in [0, 0.05) is 13.0 Å². The van der Waals surface area contributed by atoms with Crippen LogP contribution in [0.5, 0.6) is 0 Å². The molecule has 2 heterocycles. The Balaban J connectivity index is 1.96. The predicted octanol–water partition coefficient (Wildman–Crippen LogP) is -1.44. The minimum Gasteiger partial charge on any atom is -0.480 e. The Kier molecular flexibility index (Phi) is 4.53. The van der Waals surface area contributed by atoms with Crippen molar-refractivity contribution in [3.63, 3.8) is 0 Å². The van der Waals surface area contributed by atoms with Gasteiger partial charge in [-0.1, -0.05) is 0 Å². The summed E-state index contributed by atoms with van der Waals surface area (Å²) in [4.78, 5) is 41.3. The first-order valence-corrected chi connectivity index (χ1v) is 6.35. The molecule has 1 aliphatic rings. The van der Waals surface area contributed by atoms with Crippen molar-refractivity contribution in [3.05, 3.63) is 17.7 Å². The van der Waals surface area contributed by atoms with Gasteiger partial charge in [-0.3, -0.25) is 14.9 Å². The number of hydrogen-bond donors (Lipinski definition) is 4. The maximum Gasteiger partial charge on any atom is 0.326 e. The quantitative estimate of drug-likeness (QED) is 0.489. The van der Waals surface area contributed by atoms with Crippen LogP contribution in [-0.4, -0.2) is 52.1 Å². The summed E-state index contributed by atoms with van der Waals surface area (Å²) < 4.78 is 4.41. The Morgan fingerprint density at radius 1 is 1.57 bits per heavy atom. The van der Waals surface area contributed by atoms with E-state index >= 15 is 0 Å². The normalized spacial score (nSPS) is 18.4. The van der Waals surface area contributed by atoms with E-state index < -0.39 is 36.4 Å². The molecule has 0 saturated carbocycles. The van der Waals surface area contributed by atoms with E-state index in [-0.39, 0.29) is 0 Å². The van der Waals surface area contributed by atoms with Crippen LogP contribution < -0.4 is 10.6 Å². The van der Waals surface area contributed by atoms with Crippen LogP contribution in [0.3, 0.4) is 0 Å². The molecule has 4 N–H and O–H groups in total. The molecule has 2 atom stereocenters. The second-order valence-electron chi connectivity index (χ2n) is 4.65. The minimum atomic E-state index is -1.31. The summed E-state index contributed by atoms with van der Waals surface area (Å²) in [6.07, 6.45) is 1.48. The average molecular weight is 296 g/mol. The summed E-state index contributed by atoms with van der Waals surface area (Å²) in [5.74, 6) is -2.47. The second kappa shape index (κ2) is 6.35. The molecule has 0 fully saturated rings. The molecule has 9 nitrogen and oxygen atoms in total. The van der Waals surface area contributed by atoms with Gasteiger partial charge in [-0.15, -0.1) is 0 Å². The number of ether oxygens (including phenoxy) is 1. The molecule has 9 heteroatoms. The molecule has 0 aliphatic carbocycles. The molecule has 0 aromatic carbocycles. The molecular formula is C12H16N4O5. The number of carbonyl (C=O) groups excluding carboxylic acids is 2. The molecule has 2 rings (SSSR count). The second-order valence-corrected chi connectivity index (χ2v) is 4.65. The van der Waals surface area contributed by atoms with Crippen LogP contribution >= 0.6 is 0 Å². The van der Waals surface area contributed by atoms with Gasteiger partial charge in [0.1, 0.15) is 6.04 Å². The van der Waals surface area contributed by atoms with Gasteiger partial charge >= 0.3 is 11.9 Å². The number of carboxylic acids is 1. The first-order chi connectivity index (χ1) is 10.0. The monoisotopic (exact) mass is 296 g/mol. The van der Waals surface area contributed by atoms with Crippen molar-refractivity contribution in [2.24, 2.45) is 0 Å². The Hall–Kier alpha value is -2.42. The smallest absolute Gasteiger partial charge is 0.326 e. The molecular weight excluding hydrogens is 280 g/mol. The zero-order chi connectivity index (χ0) is 15.4. The number of carboxylic acid groups (broad SMARTS) is 1. The summed E-state index contributed by atoms with van der Waals surface area (Å²) in [6.45, 7) is 0.447. The number of aromatic amines is 1. The van der Waals surface area contributed by atoms with Crippen molar-refractivity contribution in [2.45, 2.75) is 31.5 Å². The number of nitrogens with zero attached hydrogens (tertiary/aromatic N) is 1. The first-order valence-electron chi connectivity index (χ1n) is 6.35. The van der Waals surface area contributed by atoms with Crippen molar-refractivity contribution in [1.82, 2.24) is 20.6 Å². The zero-order valence-electron chi connectivity index (χ0n) is 11.4. The highest BCUT2D eigenvalue weighted by atomic mass is 16.5. The number of fused-ring (bicyclic) bond motifs is 1. The van der Waals surface area contributed by atoms with Crippen LogP contribution in [0.25, 0.3) is 0 Å². The number of amides is 1. The number of carbonyl (C=O) groups is 3. The fraction of sp³-hybridized carbons (Fsp3) is 0.500. The largest absolute Gasteiger partial charge is 0.480 e. The van der Waals surface area contributed by atoms with E-state index in [1.165, 1.54) is 0 Å². The molecule has 0 bridgehead atoms. The fourth-order valence-corrected chi connectivity index (χ4v) is 2.08. The molecule has 0 spiro atoms. The predicted molar refractivity (Wildman–Crippen MR) is 69.1 cm³/mol. The summed E-state index contributed by atoms with van der Waals surface area (Å²) in [5.41, 5.74) is 1.68. The van der Waals surface area contributed by atoms with Crippen LogP contribution in [0.4, 0.5) is 0 Å². The molecule has 21 heavy (non-hydrogen) atoms. The molecule has 0 radical (unpaired) electrons. The van der Waals surface area contributed by atoms with Gasteiger partial charge in [0.2, 0.25) is 5.91 Å². The molecule has 1 aromatic heterocycles. The van der Waals surface area contributed by atoms with Gasteiger partial charge in [0.15, 0.2) is 0 Å². The maximum absolute atomic E-state index is 12.1. The lowest BCUT2D eigenvalue weighted by molar-refractivity contribution is -0.149. The van der Waals surface area contributed by atoms with Crippen LogP contribution in [0.1, 0.15) is 17.8 Å². The minimum absolute atomic E-state index is 0.356. The Morgan fingerprint density at radius 3 is 3.00 bits per heavy atom. The summed E-state index contributed by atoms with van der Waals surface area (Å²) in [5, 5.41) is 14.3. The van der Waals surface area contributed by atoms with E-state index in [0.717, 1.165) is 18.5 Å². The van der Waals surface area contributed by atoms with E-state index in [4.69, 9.17) is 5.11 Å². The topological polar surface area (TPSA) is 133 Å². The Labute approximate surface area is 120 Å². The Bertz CT molecular complexity index is 556. The number of hydrogen-bond acceptors (Lipinski definition) is 6. The number of imidazole rings is 1. The van der Waals surface area contributed by atoms with Crippen LogP contribution in [0.15, 0.2) is 6.33 Å². The lowest BCUT2D eigenvalue weighted by Crippen LogP contribution is -2.52. The number of aliphatic carboxylic acids is 1. The van der Waals surface area contributed by atoms with Gasteiger partial charge in [-0.25, -0.2) is 9.78 Å². The highest BCUT2D eigenvalue weighted by Crippen LogP contribution is 2.12. The SMILES string of the molecule is COC(=O)C[C@H](NC(=O)C1Cc2nc[nH]c2CN1)C(=O)O. The van der Waals surface area contributed by atoms with Crippen molar-refractivity contribution < 1.29 is 24.2 Å². The highest BCUT2D eigenvalue weighted by molar-refractivity contribution is 5.89. The van der Waals surface area contributed by atoms with E-state index in [2.05, 4.69) is 25.3 Å². The number of H-pyrrole nitrogens is 1. The summed E-state index contributed by atoms with van der Waals surface area (Å²) in [6, 6.07) is -1.90. The van der Waals surface area contributed by atoms with Gasteiger partial charge in [-0.05, 0) is 0 Å². The number of nitrogens with one attached hydrogen (secondary N) is 3. The van der Waals surface area contributed by atoms with Gasteiger partial charge in [0.25, 0.3) is 0 Å². The third-order valence-corrected chi connectivity index (χ3v) is 3.26. The molecule has 1 amide bonds. The Morgan fingerprint density at radius 2 is 2.33 bits per heavy atom. The van der Waals surface area contributed by atoms with Crippen molar-refractivity contribution >= 4 is 17.8 Å². The first kappa shape index (κ1) is 15.0. The third-order valence-electron chi connectivity index (χ3n) is 3.26. The lowest BCUT2D eigenvalue weighted by Gasteiger charge is -2.24. The maximum atomic E-state index is 12.1. The van der Waals surface area contributed by atoms with Crippen molar-refractivity contribution in [2.75, 3.05) is 7.11 Å². The van der Waals surface area contributed by atoms with E-state index in [1.807, 2.05) is 0 Å². The third kappa shape index (κ3) is 3.57. The average Bonchev–Trinajstić information content (AvgIpc) is 2.93. The van der Waals surface area contributed by atoms with Crippen LogP contribution in [-0.2, 0) is 32.1 Å². The fourth-order valence-electron chi connectivity index (χ4n) is 2.08. The lowest BCUT2D eigenvalue weighted by atomic mass is 10.0. The van der Waals surface area contributed by atoms with Gasteiger partial charge in [0.05, 0.1) is 37.3 Å². The van der Waals surface area contributed by atoms with Crippen molar-refractivity contribution in [3.8, 4) is 0 Å². The van der Waals surface area contributed by atoms with Crippen LogP contribution in [0, 0.1) is 0 Å². The van der Waals surface area contributed by atoms with Gasteiger partial charge in [-0.2, -0.15) is 0 Å². The summed E-state index contributed by atoms with van der Waals surface area (Å²) in [7, 11) is 1.16. The standard InChI is InChI=1S/C12H16N4O5/c1-21-10(17)3-8(12(19)20)16-11(18)7-2-6-9(4-13-7)15-5-14-6/h5,7-8,13H,2-4H2,1H3,(H,14,15)(H,16,18)(H,19,20)/t7?,8-/m0/s1. The summed E-state index contributed by atoms with van der Waals surface area (Å²) >= 11 is 0. The van der Waals surface area contributed by atoms with Crippen LogP contribution in [0.2, 0.25) is 0 Å². The molecule has 1 aromatic rings. The zero-order valence-corrected chi connectivity index (χ0v) is 11.4. The van der Waals surface area contributed by atoms with E-state index in [0.29, 0.717) is 13.0 Å². The van der Waals surface area contributed by atoms with E-state index in [9.17, 15) is 14.4 Å². The van der Waals surface area contributed by atoms with Gasteiger partial charge < -0.3 is 20.1 Å². The number of esters is 1. The number of rotatable bonds is 5. The molecule has 1 unspecified atom stereocenters. The molecule has 1 aliphatic heterocycles. The highest BCUT2D eigenvalue weighted by Gasteiger charge is 2.30. The number of aromatic nitrogens is 2.